The van der Waals surface area contributed by atoms with Gasteiger partial charge in [0.15, 0.2) is 5.60 Å². The molecular formula is C28H38FN2O2+. The van der Waals surface area contributed by atoms with Crippen LogP contribution in [0.2, 0.25) is 0 Å². The first-order valence-corrected chi connectivity index (χ1v) is 12.5. The average Bonchev–Trinajstić information content (AvgIpc) is 3.39. The molecule has 2 fully saturated rings. The number of aliphatic hydroxyl groups is 1. The Labute approximate surface area is 197 Å². The highest BCUT2D eigenvalue weighted by Gasteiger charge is 2.49. The van der Waals surface area contributed by atoms with E-state index in [1.54, 1.807) is 6.07 Å². The second-order valence-corrected chi connectivity index (χ2v) is 10.5. The third kappa shape index (κ3) is 4.99. The van der Waals surface area contributed by atoms with E-state index in [2.05, 4.69) is 14.1 Å². The van der Waals surface area contributed by atoms with Crippen molar-refractivity contribution in [1.29, 1.82) is 0 Å². The minimum atomic E-state index is -1.43. The summed E-state index contributed by atoms with van der Waals surface area (Å²) in [6.45, 7) is 2.18. The van der Waals surface area contributed by atoms with Crippen molar-refractivity contribution < 1.29 is 18.8 Å². The van der Waals surface area contributed by atoms with Crippen LogP contribution >= 0.6 is 0 Å². The quantitative estimate of drug-likeness (QED) is 0.627. The molecular weight excluding hydrogens is 415 g/mol. The van der Waals surface area contributed by atoms with Crippen molar-refractivity contribution in [2.75, 3.05) is 33.7 Å². The third-order valence-corrected chi connectivity index (χ3v) is 8.14. The van der Waals surface area contributed by atoms with Gasteiger partial charge in [0, 0.05) is 38.3 Å². The van der Waals surface area contributed by atoms with Crippen molar-refractivity contribution in [3.63, 3.8) is 0 Å². The highest BCUT2D eigenvalue weighted by molar-refractivity contribution is 5.87. The number of likely N-dealkylation sites (tertiary alicyclic amines) is 1. The lowest BCUT2D eigenvalue weighted by Gasteiger charge is -2.45. The van der Waals surface area contributed by atoms with Crippen LogP contribution < -0.4 is 0 Å². The fourth-order valence-corrected chi connectivity index (χ4v) is 5.87. The number of piperidine rings is 1. The Kier molecular flexibility index (Phi) is 7.20. The second kappa shape index (κ2) is 9.94. The van der Waals surface area contributed by atoms with Crippen molar-refractivity contribution in [1.82, 2.24) is 4.90 Å². The molecule has 2 aromatic carbocycles. The van der Waals surface area contributed by atoms with Crippen LogP contribution in [0.25, 0.3) is 0 Å². The summed E-state index contributed by atoms with van der Waals surface area (Å²) >= 11 is 0. The van der Waals surface area contributed by atoms with Crippen LogP contribution in [0.4, 0.5) is 4.39 Å². The number of amides is 1. The van der Waals surface area contributed by atoms with Gasteiger partial charge < -0.3 is 14.5 Å². The van der Waals surface area contributed by atoms with E-state index in [9.17, 15) is 14.3 Å². The predicted molar refractivity (Wildman–Crippen MR) is 129 cm³/mol. The summed E-state index contributed by atoms with van der Waals surface area (Å²) < 4.78 is 14.9. The number of halogens is 1. The zero-order valence-corrected chi connectivity index (χ0v) is 20.0. The van der Waals surface area contributed by atoms with Crippen molar-refractivity contribution in [2.24, 2.45) is 5.92 Å². The zero-order chi connectivity index (χ0) is 23.5. The maximum absolute atomic E-state index is 14.1. The van der Waals surface area contributed by atoms with Crippen LogP contribution in [0.15, 0.2) is 54.6 Å². The van der Waals surface area contributed by atoms with Gasteiger partial charge in [-0.1, -0.05) is 61.4 Å². The summed E-state index contributed by atoms with van der Waals surface area (Å²) in [5.41, 5.74) is 0.0608. The van der Waals surface area contributed by atoms with Crippen LogP contribution in [0, 0.1) is 11.7 Å². The van der Waals surface area contributed by atoms with Crippen molar-refractivity contribution in [2.45, 2.75) is 56.6 Å². The summed E-state index contributed by atoms with van der Waals surface area (Å²) in [4.78, 5) is 15.6. The fourth-order valence-electron chi connectivity index (χ4n) is 5.87. The van der Waals surface area contributed by atoms with Crippen LogP contribution in [0.3, 0.4) is 0 Å². The van der Waals surface area contributed by atoms with E-state index in [0.717, 1.165) is 60.7 Å². The molecule has 4 nitrogen and oxygen atoms in total. The Morgan fingerprint density at radius 3 is 2.24 bits per heavy atom. The Morgan fingerprint density at radius 1 is 1.00 bits per heavy atom. The standard InChI is InChI=1S/C28H38FN2O2/c1-31(2,21-18-22-10-6-9-15-26(22)29)25-16-19-30(20-17-25)27(32)28(33,24-13-7-8-14-24)23-11-4-3-5-12-23/h3-6,9-12,15,24-25,33H,7-8,13-14,16-21H2,1-2H3/q+1/t28-/m0/s1. The molecule has 0 unspecified atom stereocenters. The molecule has 1 aliphatic heterocycles. The van der Waals surface area contributed by atoms with E-state index in [4.69, 9.17) is 0 Å². The molecule has 178 valence electrons. The average molecular weight is 454 g/mol. The Hall–Kier alpha value is -2.24. The molecule has 5 heteroatoms. The molecule has 0 bridgehead atoms. The smallest absolute Gasteiger partial charge is 0.259 e. The Bertz CT molecular complexity index is 934. The topological polar surface area (TPSA) is 40.5 Å². The first-order valence-electron chi connectivity index (χ1n) is 12.5. The molecule has 1 N–H and O–H groups in total. The minimum Gasteiger partial charge on any atom is -0.375 e. The van der Waals surface area contributed by atoms with Gasteiger partial charge in [0.2, 0.25) is 0 Å². The lowest BCUT2D eigenvalue weighted by atomic mass is 9.78. The van der Waals surface area contributed by atoms with Crippen molar-refractivity contribution >= 4 is 5.91 Å². The summed E-state index contributed by atoms with van der Waals surface area (Å²) in [5, 5.41) is 11.8. The molecule has 1 aliphatic carbocycles. The molecule has 1 atom stereocenters. The summed E-state index contributed by atoms with van der Waals surface area (Å²) in [6.07, 6.45) is 6.43. The molecule has 1 saturated carbocycles. The lowest BCUT2D eigenvalue weighted by Crippen LogP contribution is -2.58. The largest absolute Gasteiger partial charge is 0.375 e. The first-order chi connectivity index (χ1) is 15.8. The van der Waals surface area contributed by atoms with Crippen LogP contribution in [-0.2, 0) is 16.8 Å². The fraction of sp³-hybridized carbons (Fsp3) is 0.536. The van der Waals surface area contributed by atoms with Gasteiger partial charge in [-0.05, 0) is 30.0 Å². The van der Waals surface area contributed by atoms with Gasteiger partial charge in [0.1, 0.15) is 5.82 Å². The molecule has 4 rings (SSSR count). The summed E-state index contributed by atoms with van der Waals surface area (Å²) in [6, 6.07) is 17.0. The number of hydrogen-bond donors (Lipinski definition) is 1. The van der Waals surface area contributed by atoms with Gasteiger partial charge >= 0.3 is 0 Å². The zero-order valence-electron chi connectivity index (χ0n) is 20.0. The Balaban J connectivity index is 1.41. The molecule has 0 spiro atoms. The molecule has 1 heterocycles. The van der Waals surface area contributed by atoms with E-state index in [1.807, 2.05) is 47.4 Å². The predicted octanol–water partition coefficient (Wildman–Crippen LogP) is 4.51. The minimum absolute atomic E-state index is 0.0156. The number of likely N-dealkylation sites (N-methyl/N-ethyl adjacent to an activating group) is 1. The third-order valence-electron chi connectivity index (χ3n) is 8.14. The molecule has 2 aliphatic rings. The Morgan fingerprint density at radius 2 is 1.61 bits per heavy atom. The molecule has 1 amide bonds. The number of carbonyl (C=O) groups is 1. The van der Waals surface area contributed by atoms with Crippen LogP contribution in [-0.4, -0.2) is 60.2 Å². The number of quaternary nitrogens is 1. The molecule has 0 aromatic heterocycles. The monoisotopic (exact) mass is 453 g/mol. The van der Waals surface area contributed by atoms with Gasteiger partial charge in [-0.15, -0.1) is 0 Å². The van der Waals surface area contributed by atoms with Gasteiger partial charge in [-0.25, -0.2) is 4.39 Å². The normalized spacial score (nSPS) is 20.1. The lowest BCUT2D eigenvalue weighted by molar-refractivity contribution is -0.916. The molecule has 33 heavy (non-hydrogen) atoms. The number of hydrogen-bond acceptors (Lipinski definition) is 2. The first kappa shape index (κ1) is 23.9. The summed E-state index contributed by atoms with van der Waals surface area (Å²) in [5.74, 6) is -0.279. The molecule has 2 aromatic rings. The molecule has 0 radical (unpaired) electrons. The van der Waals surface area contributed by atoms with Crippen LogP contribution in [0.5, 0.6) is 0 Å². The number of nitrogens with zero attached hydrogens (tertiary/aromatic N) is 2. The number of rotatable bonds is 7. The van der Waals surface area contributed by atoms with Gasteiger partial charge in [-0.3, -0.25) is 4.79 Å². The van der Waals surface area contributed by atoms with Crippen molar-refractivity contribution in [3.05, 3.63) is 71.5 Å². The number of benzene rings is 2. The van der Waals surface area contributed by atoms with E-state index in [1.165, 1.54) is 6.07 Å². The summed E-state index contributed by atoms with van der Waals surface area (Å²) in [7, 11) is 4.42. The van der Waals surface area contributed by atoms with Crippen molar-refractivity contribution in [3.8, 4) is 0 Å². The number of carbonyl (C=O) groups excluding carboxylic acids is 1. The van der Waals surface area contributed by atoms with E-state index in [-0.39, 0.29) is 17.6 Å². The van der Waals surface area contributed by atoms with Gasteiger partial charge in [0.05, 0.1) is 26.7 Å². The van der Waals surface area contributed by atoms with Gasteiger partial charge in [-0.2, -0.15) is 0 Å². The SMILES string of the molecule is C[N+](C)(CCc1ccccc1F)C1CCN(C(=O)[C@](O)(c2ccccc2)C2CCCC2)CC1. The van der Waals surface area contributed by atoms with Crippen LogP contribution in [0.1, 0.15) is 49.7 Å². The van der Waals surface area contributed by atoms with E-state index in [0.29, 0.717) is 25.6 Å². The van der Waals surface area contributed by atoms with E-state index < -0.39 is 5.60 Å². The maximum Gasteiger partial charge on any atom is 0.259 e. The molecule has 1 saturated heterocycles. The highest BCUT2D eigenvalue weighted by atomic mass is 19.1. The highest BCUT2D eigenvalue weighted by Crippen LogP contribution is 2.42. The maximum atomic E-state index is 14.1. The van der Waals surface area contributed by atoms with E-state index >= 15 is 0 Å². The van der Waals surface area contributed by atoms with Gasteiger partial charge in [0.25, 0.3) is 5.91 Å². The second-order valence-electron chi connectivity index (χ2n) is 10.5.